The highest BCUT2D eigenvalue weighted by molar-refractivity contribution is 7.86. The minimum Gasteiger partial charge on any atom is -0.480 e. The molecule has 0 spiro atoms. The molecule has 2 aliphatic rings. The summed E-state index contributed by atoms with van der Waals surface area (Å²) in [5, 5.41) is 9.26. The number of hydrogen-bond acceptors (Lipinski definition) is 4. The lowest BCUT2D eigenvalue weighted by Crippen LogP contribution is -2.56. The van der Waals surface area contributed by atoms with Gasteiger partial charge in [0.05, 0.1) is 13.2 Å². The van der Waals surface area contributed by atoms with Crippen LogP contribution in [0.15, 0.2) is 0 Å². The number of carbonyl (C=O) groups is 1. The number of carboxylic acids is 1. The van der Waals surface area contributed by atoms with Crippen molar-refractivity contribution in [2.24, 2.45) is 0 Å². The van der Waals surface area contributed by atoms with E-state index in [4.69, 9.17) is 4.74 Å². The third-order valence-corrected chi connectivity index (χ3v) is 5.77. The van der Waals surface area contributed by atoms with Gasteiger partial charge in [-0.25, -0.2) is 0 Å². The minimum atomic E-state index is -3.71. The van der Waals surface area contributed by atoms with Crippen LogP contribution in [-0.2, 0) is 19.7 Å². The van der Waals surface area contributed by atoms with Crippen molar-refractivity contribution < 1.29 is 23.1 Å². The Bertz CT molecular complexity index is 432. The Kier molecular flexibility index (Phi) is 3.63. The number of rotatable bonds is 3. The monoisotopic (exact) mass is 278 g/mol. The molecule has 0 aromatic carbocycles. The minimum absolute atomic E-state index is 0.266. The third kappa shape index (κ3) is 2.13. The molecule has 1 atom stereocenters. The zero-order valence-electron chi connectivity index (χ0n) is 10.3. The number of carboxylic acid groups (broad SMARTS) is 1. The summed E-state index contributed by atoms with van der Waals surface area (Å²) in [5.41, 5.74) is -1.32. The average Bonchev–Trinajstić information content (AvgIpc) is 2.75. The van der Waals surface area contributed by atoms with Crippen LogP contribution >= 0.6 is 0 Å². The zero-order chi connectivity index (χ0) is 13.4. The van der Waals surface area contributed by atoms with Crippen LogP contribution in [0.2, 0.25) is 0 Å². The first-order valence-corrected chi connectivity index (χ1v) is 7.38. The van der Waals surface area contributed by atoms with E-state index in [1.165, 1.54) is 11.2 Å². The molecule has 0 saturated carbocycles. The van der Waals surface area contributed by atoms with Gasteiger partial charge in [0.15, 0.2) is 0 Å². The highest BCUT2D eigenvalue weighted by Crippen LogP contribution is 2.33. The lowest BCUT2D eigenvalue weighted by Gasteiger charge is -2.36. The van der Waals surface area contributed by atoms with Crippen LogP contribution in [0, 0.1) is 0 Å². The van der Waals surface area contributed by atoms with Crippen LogP contribution in [0.5, 0.6) is 0 Å². The van der Waals surface area contributed by atoms with Crippen LogP contribution in [0.1, 0.15) is 19.8 Å². The summed E-state index contributed by atoms with van der Waals surface area (Å²) >= 11 is 0. The van der Waals surface area contributed by atoms with Crippen molar-refractivity contribution in [3.05, 3.63) is 0 Å². The molecule has 18 heavy (non-hydrogen) atoms. The molecule has 8 heteroatoms. The second-order valence-electron chi connectivity index (χ2n) is 4.77. The Balaban J connectivity index is 2.26. The maximum Gasteiger partial charge on any atom is 0.324 e. The van der Waals surface area contributed by atoms with Crippen molar-refractivity contribution in [2.75, 3.05) is 32.8 Å². The van der Waals surface area contributed by atoms with Crippen LogP contribution in [0.3, 0.4) is 0 Å². The van der Waals surface area contributed by atoms with E-state index in [1.54, 1.807) is 0 Å². The molecule has 0 bridgehead atoms. The highest BCUT2D eigenvalue weighted by atomic mass is 32.2. The van der Waals surface area contributed by atoms with Gasteiger partial charge in [-0.3, -0.25) is 4.79 Å². The summed E-state index contributed by atoms with van der Waals surface area (Å²) in [7, 11) is -3.71. The van der Waals surface area contributed by atoms with Crippen molar-refractivity contribution in [1.29, 1.82) is 0 Å². The average molecular weight is 278 g/mol. The van der Waals surface area contributed by atoms with Crippen molar-refractivity contribution in [1.82, 2.24) is 8.61 Å². The Morgan fingerprint density at radius 2 is 1.89 bits per heavy atom. The number of morpholine rings is 1. The third-order valence-electron chi connectivity index (χ3n) is 3.61. The van der Waals surface area contributed by atoms with Crippen molar-refractivity contribution in [3.63, 3.8) is 0 Å². The molecule has 2 saturated heterocycles. The topological polar surface area (TPSA) is 87.2 Å². The maximum atomic E-state index is 12.4. The van der Waals surface area contributed by atoms with Crippen LogP contribution in [0.4, 0.5) is 0 Å². The standard InChI is InChI=1S/C10H18N2O5S/c1-10(9(13)14)3-2-4-12(10)18(15,16)11-5-7-17-8-6-11/h2-8H2,1H3,(H,13,14). The lowest BCUT2D eigenvalue weighted by molar-refractivity contribution is -0.146. The molecule has 0 radical (unpaired) electrons. The van der Waals surface area contributed by atoms with E-state index in [-0.39, 0.29) is 19.6 Å². The Morgan fingerprint density at radius 3 is 2.44 bits per heavy atom. The molecule has 7 nitrogen and oxygen atoms in total. The van der Waals surface area contributed by atoms with Crippen LogP contribution in [-0.4, -0.2) is 66.5 Å². The van der Waals surface area contributed by atoms with Gasteiger partial charge in [-0.2, -0.15) is 17.0 Å². The first-order valence-electron chi connectivity index (χ1n) is 5.98. The van der Waals surface area contributed by atoms with Gasteiger partial charge in [0.25, 0.3) is 10.2 Å². The lowest BCUT2D eigenvalue weighted by atomic mass is 10.0. The predicted molar refractivity (Wildman–Crippen MR) is 63.3 cm³/mol. The van der Waals surface area contributed by atoms with Gasteiger partial charge in [0.2, 0.25) is 0 Å². The number of nitrogens with zero attached hydrogens (tertiary/aromatic N) is 2. The smallest absolute Gasteiger partial charge is 0.324 e. The number of aliphatic carboxylic acids is 1. The molecular formula is C10H18N2O5S. The van der Waals surface area contributed by atoms with E-state index in [1.807, 2.05) is 0 Å². The number of hydrogen-bond donors (Lipinski definition) is 1. The maximum absolute atomic E-state index is 12.4. The van der Waals surface area contributed by atoms with E-state index in [9.17, 15) is 18.3 Å². The fraction of sp³-hybridized carbons (Fsp3) is 0.900. The molecule has 1 unspecified atom stereocenters. The molecular weight excluding hydrogens is 260 g/mol. The summed E-state index contributed by atoms with van der Waals surface area (Å²) < 4.78 is 32.4. The molecule has 2 fully saturated rings. The predicted octanol–water partition coefficient (Wildman–Crippen LogP) is -0.497. The highest BCUT2D eigenvalue weighted by Gasteiger charge is 2.51. The molecule has 0 aliphatic carbocycles. The summed E-state index contributed by atoms with van der Waals surface area (Å²) in [6.45, 7) is 3.03. The van der Waals surface area contributed by atoms with Gasteiger partial charge in [-0.15, -0.1) is 0 Å². The first kappa shape index (κ1) is 13.7. The quantitative estimate of drug-likeness (QED) is 0.752. The van der Waals surface area contributed by atoms with Crippen LogP contribution in [0.25, 0.3) is 0 Å². The van der Waals surface area contributed by atoms with E-state index in [0.29, 0.717) is 26.1 Å². The molecule has 2 heterocycles. The largest absolute Gasteiger partial charge is 0.480 e. The van der Waals surface area contributed by atoms with E-state index >= 15 is 0 Å². The van der Waals surface area contributed by atoms with Gasteiger partial charge in [0.1, 0.15) is 5.54 Å². The summed E-state index contributed by atoms with van der Waals surface area (Å²) in [6.07, 6.45) is 0.929. The Hall–Kier alpha value is -0.700. The van der Waals surface area contributed by atoms with E-state index in [0.717, 1.165) is 4.31 Å². The van der Waals surface area contributed by atoms with E-state index < -0.39 is 21.7 Å². The molecule has 104 valence electrons. The SMILES string of the molecule is CC1(C(=O)O)CCCN1S(=O)(=O)N1CCOCC1. The molecule has 1 N–H and O–H groups in total. The van der Waals surface area contributed by atoms with Gasteiger partial charge in [-0.05, 0) is 19.8 Å². The fourth-order valence-electron chi connectivity index (χ4n) is 2.44. The van der Waals surface area contributed by atoms with Gasteiger partial charge >= 0.3 is 5.97 Å². The molecule has 0 aromatic rings. The summed E-state index contributed by atoms with van der Waals surface area (Å²) in [5.74, 6) is -1.09. The molecule has 2 aliphatic heterocycles. The second kappa shape index (κ2) is 4.76. The zero-order valence-corrected chi connectivity index (χ0v) is 11.1. The van der Waals surface area contributed by atoms with Crippen molar-refractivity contribution in [2.45, 2.75) is 25.3 Å². The molecule has 2 rings (SSSR count). The molecule has 0 aromatic heterocycles. The van der Waals surface area contributed by atoms with Gasteiger partial charge in [0, 0.05) is 19.6 Å². The van der Waals surface area contributed by atoms with Crippen molar-refractivity contribution >= 4 is 16.2 Å². The molecule has 0 amide bonds. The first-order chi connectivity index (χ1) is 8.39. The van der Waals surface area contributed by atoms with Gasteiger partial charge in [-0.1, -0.05) is 0 Å². The second-order valence-corrected chi connectivity index (χ2v) is 6.63. The fourth-order valence-corrected chi connectivity index (χ4v) is 4.37. The normalized spacial score (nSPS) is 31.6. The van der Waals surface area contributed by atoms with Crippen molar-refractivity contribution in [3.8, 4) is 0 Å². The van der Waals surface area contributed by atoms with Crippen LogP contribution < -0.4 is 0 Å². The summed E-state index contributed by atoms with van der Waals surface area (Å²) in [6, 6.07) is 0. The summed E-state index contributed by atoms with van der Waals surface area (Å²) in [4.78, 5) is 11.3. The number of ether oxygens (including phenoxy) is 1. The Labute approximate surface area is 106 Å². The van der Waals surface area contributed by atoms with Gasteiger partial charge < -0.3 is 9.84 Å². The Morgan fingerprint density at radius 1 is 1.28 bits per heavy atom. The van der Waals surface area contributed by atoms with E-state index in [2.05, 4.69) is 0 Å².